The Morgan fingerprint density at radius 1 is 1.30 bits per heavy atom. The van der Waals surface area contributed by atoms with Crippen molar-refractivity contribution in [3.8, 4) is 5.75 Å². The lowest BCUT2D eigenvalue weighted by Crippen LogP contribution is -2.33. The lowest BCUT2D eigenvalue weighted by Gasteiger charge is -2.13. The van der Waals surface area contributed by atoms with Crippen LogP contribution >= 0.6 is 15.9 Å². The number of benzene rings is 2. The fourth-order valence-electron chi connectivity index (χ4n) is 1.65. The molecule has 0 bridgehead atoms. The number of nitrogens with zero attached hydrogens (tertiary/aromatic N) is 1. The topological polar surface area (TPSA) is 50.7 Å². The van der Waals surface area contributed by atoms with Crippen LogP contribution in [0.25, 0.3) is 0 Å². The summed E-state index contributed by atoms with van der Waals surface area (Å²) in [5, 5.41) is 3.61. The lowest BCUT2D eigenvalue weighted by molar-refractivity contribution is -0.127. The Morgan fingerprint density at radius 3 is 2.78 bits per heavy atom. The van der Waals surface area contributed by atoms with E-state index in [-0.39, 0.29) is 5.56 Å². The third-order valence-electron chi connectivity index (χ3n) is 2.85. The van der Waals surface area contributed by atoms with Crippen LogP contribution in [0, 0.1) is 11.6 Å². The molecule has 23 heavy (non-hydrogen) atoms. The number of hydrogen-bond donors (Lipinski definition) is 1. The third-order valence-corrected chi connectivity index (χ3v) is 3.50. The number of rotatable bonds is 5. The van der Waals surface area contributed by atoms with Gasteiger partial charge in [0, 0.05) is 5.56 Å². The second-order valence-electron chi connectivity index (χ2n) is 4.59. The van der Waals surface area contributed by atoms with Gasteiger partial charge in [-0.1, -0.05) is 12.1 Å². The average Bonchev–Trinajstić information content (AvgIpc) is 2.52. The number of hydrogen-bond acceptors (Lipinski definition) is 3. The first-order chi connectivity index (χ1) is 11.0. The Morgan fingerprint density at radius 2 is 2.04 bits per heavy atom. The zero-order chi connectivity index (χ0) is 16.8. The number of halogens is 3. The van der Waals surface area contributed by atoms with Gasteiger partial charge in [-0.05, 0) is 53.2 Å². The maximum absolute atomic E-state index is 13.4. The van der Waals surface area contributed by atoms with Gasteiger partial charge in [0.25, 0.3) is 5.91 Å². The first-order valence-electron chi connectivity index (χ1n) is 6.66. The summed E-state index contributed by atoms with van der Waals surface area (Å²) >= 11 is 3.31. The molecule has 0 aromatic heterocycles. The Labute approximate surface area is 140 Å². The third kappa shape index (κ3) is 4.85. The Balaban J connectivity index is 1.95. The summed E-state index contributed by atoms with van der Waals surface area (Å²) < 4.78 is 32.6. The SMILES string of the molecule is C[C@H](Oc1ccccc1Br)C(=O)N/N=C\c1cc(F)ccc1F. The van der Waals surface area contributed by atoms with Crippen LogP contribution in [0.4, 0.5) is 8.78 Å². The van der Waals surface area contributed by atoms with Gasteiger partial charge in [0.2, 0.25) is 0 Å². The molecule has 0 saturated heterocycles. The van der Waals surface area contributed by atoms with E-state index in [0.29, 0.717) is 10.2 Å². The largest absolute Gasteiger partial charge is 0.480 e. The minimum Gasteiger partial charge on any atom is -0.480 e. The van der Waals surface area contributed by atoms with Gasteiger partial charge in [0.05, 0.1) is 10.7 Å². The molecule has 0 aliphatic heterocycles. The van der Waals surface area contributed by atoms with Crippen molar-refractivity contribution >= 4 is 28.1 Å². The zero-order valence-corrected chi connectivity index (χ0v) is 13.7. The van der Waals surface area contributed by atoms with Gasteiger partial charge in [0.1, 0.15) is 17.4 Å². The number of amides is 1. The Hall–Kier alpha value is -2.28. The van der Waals surface area contributed by atoms with Gasteiger partial charge >= 0.3 is 0 Å². The predicted molar refractivity (Wildman–Crippen MR) is 86.3 cm³/mol. The van der Waals surface area contributed by atoms with E-state index < -0.39 is 23.6 Å². The fourth-order valence-corrected chi connectivity index (χ4v) is 2.03. The van der Waals surface area contributed by atoms with Crippen molar-refractivity contribution in [2.75, 3.05) is 0 Å². The van der Waals surface area contributed by atoms with Crippen LogP contribution in [0.3, 0.4) is 0 Å². The second-order valence-corrected chi connectivity index (χ2v) is 5.44. The van der Waals surface area contributed by atoms with E-state index in [1.54, 1.807) is 25.1 Å². The van der Waals surface area contributed by atoms with Crippen LogP contribution in [-0.2, 0) is 4.79 Å². The molecule has 0 spiro atoms. The van der Waals surface area contributed by atoms with Gasteiger partial charge in [-0.25, -0.2) is 14.2 Å². The van der Waals surface area contributed by atoms with Gasteiger partial charge in [0.15, 0.2) is 6.10 Å². The van der Waals surface area contributed by atoms with Crippen molar-refractivity contribution in [1.82, 2.24) is 5.43 Å². The highest BCUT2D eigenvalue weighted by Gasteiger charge is 2.15. The Bertz CT molecular complexity index is 738. The number of ether oxygens (including phenoxy) is 1. The van der Waals surface area contributed by atoms with Crippen molar-refractivity contribution < 1.29 is 18.3 Å². The fraction of sp³-hybridized carbons (Fsp3) is 0.125. The minimum absolute atomic E-state index is 0.0651. The van der Waals surface area contributed by atoms with Crippen molar-refractivity contribution in [3.05, 3.63) is 64.1 Å². The maximum Gasteiger partial charge on any atom is 0.280 e. The van der Waals surface area contributed by atoms with Crippen molar-refractivity contribution in [3.63, 3.8) is 0 Å². The molecule has 2 aromatic rings. The van der Waals surface area contributed by atoms with E-state index in [1.165, 1.54) is 0 Å². The molecule has 0 aliphatic rings. The van der Waals surface area contributed by atoms with Crippen LogP contribution in [-0.4, -0.2) is 18.2 Å². The van der Waals surface area contributed by atoms with Gasteiger partial charge in [-0.3, -0.25) is 4.79 Å². The van der Waals surface area contributed by atoms with E-state index in [9.17, 15) is 13.6 Å². The van der Waals surface area contributed by atoms with Crippen LogP contribution in [0.5, 0.6) is 5.75 Å². The highest BCUT2D eigenvalue weighted by molar-refractivity contribution is 9.10. The van der Waals surface area contributed by atoms with Gasteiger partial charge in [-0.15, -0.1) is 0 Å². The molecule has 120 valence electrons. The standard InChI is InChI=1S/C16H13BrF2N2O2/c1-10(23-15-5-3-2-4-13(15)17)16(22)21-20-9-11-8-12(18)6-7-14(11)19/h2-10H,1H3,(H,21,22)/b20-9-/t10-/m0/s1. The highest BCUT2D eigenvalue weighted by atomic mass is 79.9. The normalized spacial score (nSPS) is 12.2. The quantitative estimate of drug-likeness (QED) is 0.633. The van der Waals surface area contributed by atoms with Crippen molar-refractivity contribution in [2.24, 2.45) is 5.10 Å². The van der Waals surface area contributed by atoms with E-state index in [2.05, 4.69) is 26.5 Å². The molecule has 0 heterocycles. The van der Waals surface area contributed by atoms with Gasteiger partial charge in [-0.2, -0.15) is 5.10 Å². The molecular formula is C16H13BrF2N2O2. The molecule has 1 atom stereocenters. The molecule has 0 saturated carbocycles. The lowest BCUT2D eigenvalue weighted by atomic mass is 10.2. The van der Waals surface area contributed by atoms with E-state index >= 15 is 0 Å². The summed E-state index contributed by atoms with van der Waals surface area (Å²) in [5.74, 6) is -1.24. The van der Waals surface area contributed by atoms with Crippen LogP contribution in [0.15, 0.2) is 52.0 Å². The molecule has 2 rings (SSSR count). The van der Waals surface area contributed by atoms with Crippen LogP contribution < -0.4 is 10.2 Å². The highest BCUT2D eigenvalue weighted by Crippen LogP contribution is 2.24. The number of hydrazone groups is 1. The van der Waals surface area contributed by atoms with Crippen LogP contribution in [0.1, 0.15) is 12.5 Å². The number of carbonyl (C=O) groups excluding carboxylic acids is 1. The minimum atomic E-state index is -0.816. The van der Waals surface area contributed by atoms with E-state index in [1.807, 2.05) is 6.07 Å². The van der Waals surface area contributed by atoms with E-state index in [4.69, 9.17) is 4.74 Å². The molecule has 0 aliphatic carbocycles. The second kappa shape index (κ2) is 7.82. The molecule has 1 amide bonds. The summed E-state index contributed by atoms with van der Waals surface area (Å²) in [4.78, 5) is 11.9. The molecule has 0 radical (unpaired) electrons. The zero-order valence-electron chi connectivity index (χ0n) is 12.1. The Kier molecular flexibility index (Phi) is 5.81. The molecule has 0 unspecified atom stereocenters. The number of nitrogens with one attached hydrogen (secondary N) is 1. The first-order valence-corrected chi connectivity index (χ1v) is 7.46. The smallest absolute Gasteiger partial charge is 0.280 e. The summed E-state index contributed by atoms with van der Waals surface area (Å²) in [6.45, 7) is 1.55. The van der Waals surface area contributed by atoms with Crippen LogP contribution in [0.2, 0.25) is 0 Å². The first kappa shape index (κ1) is 17.1. The predicted octanol–water partition coefficient (Wildman–Crippen LogP) is 3.64. The number of para-hydroxylation sites is 1. The summed E-state index contributed by atoms with van der Waals surface area (Å²) in [6, 6.07) is 10.0. The molecule has 4 nitrogen and oxygen atoms in total. The van der Waals surface area contributed by atoms with E-state index in [0.717, 1.165) is 24.4 Å². The monoisotopic (exact) mass is 382 g/mol. The molecular weight excluding hydrogens is 370 g/mol. The van der Waals surface area contributed by atoms with Crippen molar-refractivity contribution in [1.29, 1.82) is 0 Å². The molecule has 7 heteroatoms. The number of carbonyl (C=O) groups is 1. The summed E-state index contributed by atoms with van der Waals surface area (Å²) in [5.41, 5.74) is 2.15. The van der Waals surface area contributed by atoms with Gasteiger partial charge < -0.3 is 4.74 Å². The van der Waals surface area contributed by atoms with Crippen molar-refractivity contribution in [2.45, 2.75) is 13.0 Å². The summed E-state index contributed by atoms with van der Waals surface area (Å²) in [6.07, 6.45) is 0.213. The molecule has 1 N–H and O–H groups in total. The maximum atomic E-state index is 13.4. The molecule has 0 fully saturated rings. The summed E-state index contributed by atoms with van der Waals surface area (Å²) in [7, 11) is 0. The molecule has 2 aromatic carbocycles. The average molecular weight is 383 g/mol.